The molecule has 2 nitrogen and oxygen atoms in total. The molecule has 2 unspecified atom stereocenters. The standard InChI is InChI=1S/C8H13NO/c1-6-5-7(10-2)3-4-8(6)9/h3-6,8H,9H2,1-2H3. The topological polar surface area (TPSA) is 35.2 Å². The Hall–Kier alpha value is -0.760. The molecule has 2 N–H and O–H groups in total. The van der Waals surface area contributed by atoms with E-state index in [0.717, 1.165) is 5.76 Å². The molecule has 0 fully saturated rings. The number of nitrogens with two attached hydrogens (primary N) is 1. The predicted octanol–water partition coefficient (Wildman–Crippen LogP) is 1.05. The van der Waals surface area contributed by atoms with E-state index in [1.807, 2.05) is 18.2 Å². The van der Waals surface area contributed by atoms with E-state index in [0.29, 0.717) is 5.92 Å². The second kappa shape index (κ2) is 2.88. The van der Waals surface area contributed by atoms with Gasteiger partial charge in [0.2, 0.25) is 0 Å². The fraction of sp³-hybridized carbons (Fsp3) is 0.500. The van der Waals surface area contributed by atoms with Gasteiger partial charge in [0, 0.05) is 6.04 Å². The van der Waals surface area contributed by atoms with Crippen LogP contribution in [0.25, 0.3) is 0 Å². The van der Waals surface area contributed by atoms with Crippen LogP contribution in [0.3, 0.4) is 0 Å². The van der Waals surface area contributed by atoms with Gasteiger partial charge >= 0.3 is 0 Å². The van der Waals surface area contributed by atoms with Crippen LogP contribution in [0.4, 0.5) is 0 Å². The summed E-state index contributed by atoms with van der Waals surface area (Å²) in [6, 6.07) is 0.152. The molecule has 0 saturated carbocycles. The van der Waals surface area contributed by atoms with Crippen molar-refractivity contribution in [2.24, 2.45) is 11.7 Å². The molecule has 0 bridgehead atoms. The van der Waals surface area contributed by atoms with Gasteiger partial charge in [-0.1, -0.05) is 13.0 Å². The maximum absolute atomic E-state index is 5.71. The highest BCUT2D eigenvalue weighted by Gasteiger charge is 2.11. The second-order valence-electron chi connectivity index (χ2n) is 2.57. The third-order valence-electron chi connectivity index (χ3n) is 1.75. The first-order chi connectivity index (χ1) is 4.74. The molecule has 0 saturated heterocycles. The van der Waals surface area contributed by atoms with Crippen molar-refractivity contribution in [2.45, 2.75) is 13.0 Å². The summed E-state index contributed by atoms with van der Waals surface area (Å²) in [4.78, 5) is 0. The average molecular weight is 139 g/mol. The summed E-state index contributed by atoms with van der Waals surface area (Å²) in [6.07, 6.45) is 5.90. The zero-order chi connectivity index (χ0) is 7.56. The van der Waals surface area contributed by atoms with Gasteiger partial charge < -0.3 is 10.5 Å². The van der Waals surface area contributed by atoms with Crippen LogP contribution in [0.5, 0.6) is 0 Å². The second-order valence-corrected chi connectivity index (χ2v) is 2.57. The minimum absolute atomic E-state index is 0.152. The molecule has 1 rings (SSSR count). The first-order valence-corrected chi connectivity index (χ1v) is 3.43. The number of hydrogen-bond acceptors (Lipinski definition) is 2. The van der Waals surface area contributed by atoms with E-state index in [9.17, 15) is 0 Å². The lowest BCUT2D eigenvalue weighted by Gasteiger charge is -2.17. The summed E-state index contributed by atoms with van der Waals surface area (Å²) < 4.78 is 5.03. The summed E-state index contributed by atoms with van der Waals surface area (Å²) >= 11 is 0. The van der Waals surface area contributed by atoms with Crippen LogP contribution in [0.2, 0.25) is 0 Å². The van der Waals surface area contributed by atoms with E-state index in [4.69, 9.17) is 10.5 Å². The summed E-state index contributed by atoms with van der Waals surface area (Å²) in [5.74, 6) is 1.30. The molecule has 2 heteroatoms. The molecule has 0 radical (unpaired) electrons. The first kappa shape index (κ1) is 7.35. The maximum atomic E-state index is 5.71. The number of rotatable bonds is 1. The fourth-order valence-electron chi connectivity index (χ4n) is 0.943. The summed E-state index contributed by atoms with van der Waals surface area (Å²) in [5.41, 5.74) is 5.71. The fourth-order valence-corrected chi connectivity index (χ4v) is 0.943. The van der Waals surface area contributed by atoms with Gasteiger partial charge in [-0.25, -0.2) is 0 Å². The zero-order valence-corrected chi connectivity index (χ0v) is 6.37. The van der Waals surface area contributed by atoms with Gasteiger partial charge in [-0.15, -0.1) is 0 Å². The Labute approximate surface area is 61.4 Å². The van der Waals surface area contributed by atoms with Gasteiger partial charge in [0.25, 0.3) is 0 Å². The Morgan fingerprint density at radius 2 is 2.30 bits per heavy atom. The highest BCUT2D eigenvalue weighted by molar-refractivity contribution is 5.21. The highest BCUT2D eigenvalue weighted by Crippen LogP contribution is 2.14. The number of hydrogen-bond donors (Lipinski definition) is 1. The van der Waals surface area contributed by atoms with Crippen LogP contribution in [0, 0.1) is 5.92 Å². The summed E-state index contributed by atoms with van der Waals surface area (Å²) in [5, 5.41) is 0. The highest BCUT2D eigenvalue weighted by atomic mass is 16.5. The van der Waals surface area contributed by atoms with Crippen molar-refractivity contribution in [3.8, 4) is 0 Å². The van der Waals surface area contributed by atoms with Crippen molar-refractivity contribution in [2.75, 3.05) is 7.11 Å². The van der Waals surface area contributed by atoms with Gasteiger partial charge in [-0.3, -0.25) is 0 Å². The van der Waals surface area contributed by atoms with Gasteiger partial charge in [-0.2, -0.15) is 0 Å². The average Bonchev–Trinajstić information content (AvgIpc) is 1.95. The molecule has 0 aromatic rings. The molecule has 56 valence electrons. The van der Waals surface area contributed by atoms with Crippen molar-refractivity contribution in [3.05, 3.63) is 24.0 Å². The SMILES string of the molecule is COC1=CC(C)C(N)C=C1. The van der Waals surface area contributed by atoms with E-state index in [2.05, 4.69) is 6.92 Å². The molecule has 0 aromatic carbocycles. The van der Waals surface area contributed by atoms with E-state index in [1.54, 1.807) is 7.11 Å². The minimum Gasteiger partial charge on any atom is -0.497 e. The number of ether oxygens (including phenoxy) is 1. The smallest absolute Gasteiger partial charge is 0.114 e. The Morgan fingerprint density at radius 3 is 2.80 bits per heavy atom. The van der Waals surface area contributed by atoms with Crippen molar-refractivity contribution in [3.63, 3.8) is 0 Å². The molecule has 2 atom stereocenters. The Balaban J connectivity index is 2.66. The van der Waals surface area contributed by atoms with E-state index in [-0.39, 0.29) is 6.04 Å². The third-order valence-corrected chi connectivity index (χ3v) is 1.75. The largest absolute Gasteiger partial charge is 0.497 e. The monoisotopic (exact) mass is 139 g/mol. The maximum Gasteiger partial charge on any atom is 0.114 e. The molecule has 1 aliphatic carbocycles. The molecule has 10 heavy (non-hydrogen) atoms. The van der Waals surface area contributed by atoms with Crippen LogP contribution in [0.15, 0.2) is 24.0 Å². The van der Waals surface area contributed by atoms with Crippen LogP contribution in [-0.2, 0) is 4.74 Å². The number of methoxy groups -OCH3 is 1. The molecule has 0 spiro atoms. The van der Waals surface area contributed by atoms with E-state index in [1.165, 1.54) is 0 Å². The lowest BCUT2D eigenvalue weighted by atomic mass is 9.97. The minimum atomic E-state index is 0.152. The first-order valence-electron chi connectivity index (χ1n) is 3.43. The molecular formula is C8H13NO. The summed E-state index contributed by atoms with van der Waals surface area (Å²) in [6.45, 7) is 2.08. The molecular weight excluding hydrogens is 126 g/mol. The molecule has 0 aliphatic heterocycles. The molecule has 0 aromatic heterocycles. The third kappa shape index (κ3) is 1.39. The van der Waals surface area contributed by atoms with Gasteiger partial charge in [0.15, 0.2) is 0 Å². The van der Waals surface area contributed by atoms with Crippen molar-refractivity contribution in [1.82, 2.24) is 0 Å². The van der Waals surface area contributed by atoms with E-state index >= 15 is 0 Å². The van der Waals surface area contributed by atoms with Gasteiger partial charge in [-0.05, 0) is 18.1 Å². The van der Waals surface area contributed by atoms with Crippen LogP contribution >= 0.6 is 0 Å². The molecule has 0 heterocycles. The van der Waals surface area contributed by atoms with Crippen molar-refractivity contribution < 1.29 is 4.74 Å². The zero-order valence-electron chi connectivity index (χ0n) is 6.37. The Kier molecular flexibility index (Phi) is 2.12. The summed E-state index contributed by atoms with van der Waals surface area (Å²) in [7, 11) is 1.67. The lowest BCUT2D eigenvalue weighted by molar-refractivity contribution is 0.299. The van der Waals surface area contributed by atoms with Gasteiger partial charge in [0.05, 0.1) is 7.11 Å². The van der Waals surface area contributed by atoms with E-state index < -0.39 is 0 Å². The van der Waals surface area contributed by atoms with Crippen LogP contribution < -0.4 is 5.73 Å². The van der Waals surface area contributed by atoms with Crippen molar-refractivity contribution in [1.29, 1.82) is 0 Å². The van der Waals surface area contributed by atoms with Crippen LogP contribution in [-0.4, -0.2) is 13.2 Å². The number of allylic oxidation sites excluding steroid dienone is 1. The van der Waals surface area contributed by atoms with Gasteiger partial charge in [0.1, 0.15) is 5.76 Å². The quantitative estimate of drug-likeness (QED) is 0.589. The Morgan fingerprint density at radius 1 is 1.60 bits per heavy atom. The Bertz CT molecular complexity index is 172. The van der Waals surface area contributed by atoms with Crippen LogP contribution in [0.1, 0.15) is 6.92 Å². The van der Waals surface area contributed by atoms with Crippen molar-refractivity contribution >= 4 is 0 Å². The lowest BCUT2D eigenvalue weighted by Crippen LogP contribution is -2.26. The normalized spacial score (nSPS) is 31.7. The molecule has 0 amide bonds. The predicted molar refractivity (Wildman–Crippen MR) is 41.4 cm³/mol. The molecule has 1 aliphatic rings.